The zero-order valence-corrected chi connectivity index (χ0v) is 18.0. The fraction of sp³-hybridized carbons (Fsp3) is 0.579. The van der Waals surface area contributed by atoms with Gasteiger partial charge in [-0.05, 0) is 13.6 Å². The molecule has 1 aromatic heterocycles. The van der Waals surface area contributed by atoms with E-state index < -0.39 is 0 Å². The average Bonchev–Trinajstić information content (AvgIpc) is 3.01. The summed E-state index contributed by atoms with van der Waals surface area (Å²) < 4.78 is 16.5. The number of aromatic nitrogens is 2. The lowest BCUT2D eigenvalue weighted by atomic mass is 10.2. The SMILES string of the molecule is C=N/C=C(/CN1CC(Oc2cc(OCCOC)ncn2)CC1C)SCNC(C)=O. The minimum atomic E-state index is -0.0539. The predicted octanol–water partition coefficient (Wildman–Crippen LogP) is 1.71. The molecule has 29 heavy (non-hydrogen) atoms. The third kappa shape index (κ3) is 8.38. The van der Waals surface area contributed by atoms with Crippen molar-refractivity contribution in [2.45, 2.75) is 32.4 Å². The van der Waals surface area contributed by atoms with Crippen molar-refractivity contribution < 1.29 is 19.0 Å². The Morgan fingerprint density at radius 2 is 2.24 bits per heavy atom. The molecular formula is C19H29N5O4S. The number of nitrogens with zero attached hydrogens (tertiary/aromatic N) is 4. The van der Waals surface area contributed by atoms with Gasteiger partial charge in [-0.15, -0.1) is 11.8 Å². The summed E-state index contributed by atoms with van der Waals surface area (Å²) in [5.41, 5.74) is 0. The van der Waals surface area contributed by atoms with E-state index >= 15 is 0 Å². The molecule has 1 aliphatic heterocycles. The monoisotopic (exact) mass is 423 g/mol. The second kappa shape index (κ2) is 12.4. The van der Waals surface area contributed by atoms with E-state index in [0.717, 1.165) is 24.4 Å². The lowest BCUT2D eigenvalue weighted by molar-refractivity contribution is -0.118. The Kier molecular flexibility index (Phi) is 9.89. The van der Waals surface area contributed by atoms with Gasteiger partial charge in [0.15, 0.2) is 0 Å². The summed E-state index contributed by atoms with van der Waals surface area (Å²) in [6, 6.07) is 2.04. The molecule has 0 aliphatic carbocycles. The number of hydrogen-bond acceptors (Lipinski definition) is 9. The maximum atomic E-state index is 11.1. The van der Waals surface area contributed by atoms with Gasteiger partial charge in [-0.1, -0.05) is 0 Å². The molecule has 1 N–H and O–H groups in total. The van der Waals surface area contributed by atoms with E-state index in [-0.39, 0.29) is 12.0 Å². The van der Waals surface area contributed by atoms with Gasteiger partial charge in [0.2, 0.25) is 17.7 Å². The fourth-order valence-corrected chi connectivity index (χ4v) is 3.74. The van der Waals surface area contributed by atoms with Gasteiger partial charge < -0.3 is 19.5 Å². The number of likely N-dealkylation sites (tertiary alicyclic amines) is 1. The van der Waals surface area contributed by atoms with Crippen molar-refractivity contribution in [3.8, 4) is 11.8 Å². The van der Waals surface area contributed by atoms with Crippen LogP contribution in [0.2, 0.25) is 0 Å². The normalized spacial score (nSPS) is 19.8. The van der Waals surface area contributed by atoms with Crippen molar-refractivity contribution in [2.75, 3.05) is 39.3 Å². The highest BCUT2D eigenvalue weighted by atomic mass is 32.2. The molecule has 160 valence electrons. The first-order valence-corrected chi connectivity index (χ1v) is 10.4. The molecule has 0 aromatic carbocycles. The number of carbonyl (C=O) groups is 1. The molecule has 0 radical (unpaired) electrons. The number of aliphatic imine (C=N–C) groups is 1. The Bertz CT molecular complexity index is 703. The van der Waals surface area contributed by atoms with Gasteiger partial charge in [0.05, 0.1) is 18.6 Å². The van der Waals surface area contributed by atoms with Crippen molar-refractivity contribution in [1.29, 1.82) is 0 Å². The van der Waals surface area contributed by atoms with Gasteiger partial charge in [-0.2, -0.15) is 0 Å². The highest BCUT2D eigenvalue weighted by Crippen LogP contribution is 2.26. The lowest BCUT2D eigenvalue weighted by Gasteiger charge is -2.21. The summed E-state index contributed by atoms with van der Waals surface area (Å²) in [6.45, 7) is 9.60. The maximum absolute atomic E-state index is 11.1. The predicted molar refractivity (Wildman–Crippen MR) is 113 cm³/mol. The van der Waals surface area contributed by atoms with E-state index in [9.17, 15) is 4.79 Å². The molecule has 1 amide bonds. The van der Waals surface area contributed by atoms with Crippen LogP contribution in [0.15, 0.2) is 28.5 Å². The zero-order valence-electron chi connectivity index (χ0n) is 17.2. The molecular weight excluding hydrogens is 394 g/mol. The first kappa shape index (κ1) is 23.1. The lowest BCUT2D eigenvalue weighted by Crippen LogP contribution is -2.30. The molecule has 0 saturated carbocycles. The first-order valence-electron chi connectivity index (χ1n) is 9.38. The standard InChI is InChI=1S/C19H29N5O4S/c1-14-7-16(28-19-8-18(21-12-22-19)27-6-5-26-4)10-24(14)11-17(9-20-3)29-13-23-15(2)25/h8-9,12,14,16H,3,5-7,10-11,13H2,1-2,4H3,(H,23,25)/b17-9-. The molecule has 9 nitrogen and oxygen atoms in total. The molecule has 1 aliphatic rings. The molecule has 2 heterocycles. The van der Waals surface area contributed by atoms with E-state index in [2.05, 4.69) is 38.8 Å². The Hall–Kier alpha value is -2.17. The van der Waals surface area contributed by atoms with Crippen LogP contribution in [0.3, 0.4) is 0 Å². The largest absolute Gasteiger partial charge is 0.475 e. The van der Waals surface area contributed by atoms with E-state index in [0.29, 0.717) is 36.9 Å². The van der Waals surface area contributed by atoms with Crippen molar-refractivity contribution in [1.82, 2.24) is 20.2 Å². The van der Waals surface area contributed by atoms with Crippen molar-refractivity contribution >= 4 is 24.4 Å². The molecule has 2 rings (SSSR count). The summed E-state index contributed by atoms with van der Waals surface area (Å²) in [5.74, 6) is 1.41. The molecule has 0 spiro atoms. The number of nitrogens with one attached hydrogen (secondary N) is 1. The molecule has 1 aromatic rings. The number of rotatable bonds is 12. The van der Waals surface area contributed by atoms with Crippen LogP contribution in [0.5, 0.6) is 11.8 Å². The van der Waals surface area contributed by atoms with Crippen LogP contribution in [0.25, 0.3) is 0 Å². The fourth-order valence-electron chi connectivity index (χ4n) is 2.87. The van der Waals surface area contributed by atoms with Crippen molar-refractivity contribution in [2.24, 2.45) is 4.99 Å². The second-order valence-corrected chi connectivity index (χ2v) is 7.69. The third-order valence-corrected chi connectivity index (χ3v) is 5.17. The van der Waals surface area contributed by atoms with Crippen molar-refractivity contribution in [3.63, 3.8) is 0 Å². The van der Waals surface area contributed by atoms with Gasteiger partial charge in [0.25, 0.3) is 0 Å². The van der Waals surface area contributed by atoms with E-state index in [1.807, 2.05) is 0 Å². The topological polar surface area (TPSA) is 98.2 Å². The van der Waals surface area contributed by atoms with E-state index in [1.165, 1.54) is 13.3 Å². The van der Waals surface area contributed by atoms with E-state index in [4.69, 9.17) is 14.2 Å². The Morgan fingerprint density at radius 3 is 2.97 bits per heavy atom. The van der Waals surface area contributed by atoms with Gasteiger partial charge >= 0.3 is 0 Å². The van der Waals surface area contributed by atoms with Crippen LogP contribution in [-0.2, 0) is 9.53 Å². The van der Waals surface area contributed by atoms with Gasteiger partial charge in [-0.25, -0.2) is 9.97 Å². The van der Waals surface area contributed by atoms with Gasteiger partial charge in [-0.3, -0.25) is 14.7 Å². The molecule has 1 saturated heterocycles. The summed E-state index contributed by atoms with van der Waals surface area (Å²) in [6.07, 6.45) is 4.07. The van der Waals surface area contributed by atoms with Crippen LogP contribution in [0.1, 0.15) is 20.3 Å². The smallest absolute Gasteiger partial charge is 0.220 e. The van der Waals surface area contributed by atoms with Crippen LogP contribution in [0.4, 0.5) is 0 Å². The van der Waals surface area contributed by atoms with Gasteiger partial charge in [0.1, 0.15) is 19.0 Å². The van der Waals surface area contributed by atoms with Crippen LogP contribution < -0.4 is 14.8 Å². The highest BCUT2D eigenvalue weighted by molar-refractivity contribution is 8.03. The van der Waals surface area contributed by atoms with Crippen LogP contribution >= 0.6 is 11.8 Å². The minimum Gasteiger partial charge on any atom is -0.475 e. The van der Waals surface area contributed by atoms with E-state index in [1.54, 1.807) is 31.1 Å². The summed E-state index contributed by atoms with van der Waals surface area (Å²) in [4.78, 5) is 26.6. The quantitative estimate of drug-likeness (QED) is 0.308. The summed E-state index contributed by atoms with van der Waals surface area (Å²) >= 11 is 1.55. The third-order valence-electron chi connectivity index (χ3n) is 4.28. The molecule has 2 unspecified atom stereocenters. The number of carbonyl (C=O) groups excluding carboxylic acids is 1. The maximum Gasteiger partial charge on any atom is 0.220 e. The first-order chi connectivity index (χ1) is 14.0. The summed E-state index contributed by atoms with van der Waals surface area (Å²) in [5, 5.41) is 2.78. The molecule has 10 heteroatoms. The Morgan fingerprint density at radius 1 is 1.45 bits per heavy atom. The number of hydrogen-bond donors (Lipinski definition) is 1. The minimum absolute atomic E-state index is 0.0185. The average molecular weight is 424 g/mol. The van der Waals surface area contributed by atoms with Gasteiger partial charge in [0, 0.05) is 50.7 Å². The van der Waals surface area contributed by atoms with Crippen LogP contribution in [-0.4, -0.2) is 78.9 Å². The number of amides is 1. The van der Waals surface area contributed by atoms with Crippen LogP contribution in [0, 0.1) is 0 Å². The number of thioether (sulfide) groups is 1. The number of ether oxygens (including phenoxy) is 3. The molecule has 1 fully saturated rings. The highest BCUT2D eigenvalue weighted by Gasteiger charge is 2.31. The molecule has 0 bridgehead atoms. The van der Waals surface area contributed by atoms with Crippen molar-refractivity contribution in [3.05, 3.63) is 23.5 Å². The zero-order chi connectivity index (χ0) is 21.1. The summed E-state index contributed by atoms with van der Waals surface area (Å²) in [7, 11) is 1.62. The second-order valence-electron chi connectivity index (χ2n) is 6.59. The number of methoxy groups -OCH3 is 1. The Balaban J connectivity index is 1.88. The molecule has 2 atom stereocenters. The Labute approximate surface area is 175 Å².